The molecule has 0 fully saturated rings. The summed E-state index contributed by atoms with van der Waals surface area (Å²) >= 11 is 0. The van der Waals surface area contributed by atoms with E-state index in [1.807, 2.05) is 31.2 Å². The molecule has 1 rings (SSSR count). The predicted molar refractivity (Wildman–Crippen MR) is 52.3 cm³/mol. The molecule has 2 nitrogen and oxygen atoms in total. The quantitative estimate of drug-likeness (QED) is 0.748. The number of hydrogen-bond donors (Lipinski definition) is 2. The lowest BCUT2D eigenvalue weighted by Gasteiger charge is -2.11. The van der Waals surface area contributed by atoms with E-state index in [0.29, 0.717) is 6.42 Å². The van der Waals surface area contributed by atoms with E-state index in [9.17, 15) is 10.2 Å². The lowest BCUT2D eigenvalue weighted by atomic mass is 10.0. The molecule has 2 atom stereocenters. The van der Waals surface area contributed by atoms with Gasteiger partial charge in [0.1, 0.15) is 0 Å². The third kappa shape index (κ3) is 2.54. The molecule has 0 bridgehead atoms. The van der Waals surface area contributed by atoms with E-state index in [-0.39, 0.29) is 0 Å². The first-order valence-electron chi connectivity index (χ1n) is 4.61. The van der Waals surface area contributed by atoms with Gasteiger partial charge in [-0.2, -0.15) is 0 Å². The Bertz CT molecular complexity index is 269. The first-order chi connectivity index (χ1) is 6.15. The Hall–Kier alpha value is -0.860. The minimum atomic E-state index is -0.469. The highest BCUT2D eigenvalue weighted by Gasteiger charge is 2.06. The van der Waals surface area contributed by atoms with Crippen molar-refractivity contribution in [3.63, 3.8) is 0 Å². The van der Waals surface area contributed by atoms with Crippen molar-refractivity contribution in [2.45, 2.75) is 32.5 Å². The maximum Gasteiger partial charge on any atom is 0.0787 e. The summed E-state index contributed by atoms with van der Waals surface area (Å²) in [5.74, 6) is 0. The molecule has 2 heteroatoms. The van der Waals surface area contributed by atoms with Gasteiger partial charge >= 0.3 is 0 Å². The lowest BCUT2D eigenvalue weighted by molar-refractivity contribution is 0.172. The molecule has 0 amide bonds. The first kappa shape index (κ1) is 10.2. The van der Waals surface area contributed by atoms with Gasteiger partial charge < -0.3 is 10.2 Å². The Labute approximate surface area is 78.8 Å². The fourth-order valence-corrected chi connectivity index (χ4v) is 1.26. The van der Waals surface area contributed by atoms with Crippen LogP contribution in [0.25, 0.3) is 0 Å². The average Bonchev–Trinajstić information content (AvgIpc) is 2.17. The van der Waals surface area contributed by atoms with Crippen LogP contribution in [0.15, 0.2) is 24.3 Å². The summed E-state index contributed by atoms with van der Waals surface area (Å²) in [6, 6.07) is 7.44. The van der Waals surface area contributed by atoms with E-state index >= 15 is 0 Å². The van der Waals surface area contributed by atoms with Crippen molar-refractivity contribution in [3.05, 3.63) is 35.4 Å². The molecule has 0 aliphatic carbocycles. The summed E-state index contributed by atoms with van der Waals surface area (Å²) in [7, 11) is 0. The van der Waals surface area contributed by atoms with E-state index < -0.39 is 12.2 Å². The van der Waals surface area contributed by atoms with E-state index in [4.69, 9.17) is 0 Å². The predicted octanol–water partition coefficient (Wildman–Crippen LogP) is 2.18. The molecule has 0 aliphatic heterocycles. The molecular weight excluding hydrogens is 164 g/mol. The molecule has 0 aromatic heterocycles. The van der Waals surface area contributed by atoms with Crippen molar-refractivity contribution in [1.29, 1.82) is 0 Å². The van der Waals surface area contributed by atoms with Gasteiger partial charge in [0, 0.05) is 0 Å². The Kier molecular flexibility index (Phi) is 3.46. The minimum Gasteiger partial charge on any atom is -0.389 e. The average molecular weight is 180 g/mol. The standard InChI is InChI=1S/C11H16O2/c1-3-11(13)10-6-4-5-9(7-10)8(2)12/h4-8,11-13H,3H2,1-2H3. The highest BCUT2D eigenvalue weighted by Crippen LogP contribution is 2.20. The zero-order valence-electron chi connectivity index (χ0n) is 8.07. The maximum absolute atomic E-state index is 9.55. The van der Waals surface area contributed by atoms with Crippen LogP contribution in [0.5, 0.6) is 0 Å². The number of benzene rings is 1. The lowest BCUT2D eigenvalue weighted by Crippen LogP contribution is -1.98. The van der Waals surface area contributed by atoms with Crippen LogP contribution in [0.3, 0.4) is 0 Å². The normalized spacial score (nSPS) is 15.4. The molecule has 0 aliphatic rings. The number of rotatable bonds is 3. The Morgan fingerprint density at radius 2 is 1.85 bits per heavy atom. The molecule has 72 valence electrons. The highest BCUT2D eigenvalue weighted by atomic mass is 16.3. The zero-order chi connectivity index (χ0) is 9.84. The van der Waals surface area contributed by atoms with Gasteiger partial charge in [-0.3, -0.25) is 0 Å². The van der Waals surface area contributed by atoms with Gasteiger partial charge in [0.05, 0.1) is 12.2 Å². The third-order valence-electron chi connectivity index (χ3n) is 2.16. The molecule has 0 saturated heterocycles. The summed E-state index contributed by atoms with van der Waals surface area (Å²) in [5.41, 5.74) is 1.73. The summed E-state index contributed by atoms with van der Waals surface area (Å²) in [6.45, 7) is 3.65. The molecule has 2 N–H and O–H groups in total. The van der Waals surface area contributed by atoms with Gasteiger partial charge in [-0.1, -0.05) is 31.2 Å². The monoisotopic (exact) mass is 180 g/mol. The topological polar surface area (TPSA) is 40.5 Å². The smallest absolute Gasteiger partial charge is 0.0787 e. The van der Waals surface area contributed by atoms with Gasteiger partial charge in [0.15, 0.2) is 0 Å². The fraction of sp³-hybridized carbons (Fsp3) is 0.455. The summed E-state index contributed by atoms with van der Waals surface area (Å²) in [5, 5.41) is 18.9. The Morgan fingerprint density at radius 3 is 2.38 bits per heavy atom. The summed E-state index contributed by atoms with van der Waals surface area (Å²) < 4.78 is 0. The van der Waals surface area contributed by atoms with Crippen LogP contribution in [-0.4, -0.2) is 10.2 Å². The van der Waals surface area contributed by atoms with Crippen LogP contribution >= 0.6 is 0 Å². The van der Waals surface area contributed by atoms with Crippen molar-refractivity contribution in [2.75, 3.05) is 0 Å². The third-order valence-corrected chi connectivity index (χ3v) is 2.16. The van der Waals surface area contributed by atoms with E-state index in [2.05, 4.69) is 0 Å². The van der Waals surface area contributed by atoms with E-state index in [1.54, 1.807) is 6.92 Å². The van der Waals surface area contributed by atoms with E-state index in [1.165, 1.54) is 0 Å². The second kappa shape index (κ2) is 4.40. The molecule has 0 radical (unpaired) electrons. The fourth-order valence-electron chi connectivity index (χ4n) is 1.26. The van der Waals surface area contributed by atoms with Crippen LogP contribution in [0, 0.1) is 0 Å². The highest BCUT2D eigenvalue weighted by molar-refractivity contribution is 5.26. The number of aliphatic hydroxyl groups excluding tert-OH is 2. The van der Waals surface area contributed by atoms with Crippen molar-refractivity contribution < 1.29 is 10.2 Å². The van der Waals surface area contributed by atoms with Gasteiger partial charge in [-0.05, 0) is 24.5 Å². The molecule has 1 aromatic rings. The van der Waals surface area contributed by atoms with Crippen LogP contribution in [-0.2, 0) is 0 Å². The first-order valence-corrected chi connectivity index (χ1v) is 4.61. The SMILES string of the molecule is CCC(O)c1cccc(C(C)O)c1. The van der Waals surface area contributed by atoms with Gasteiger partial charge in [0.2, 0.25) is 0 Å². The molecule has 2 unspecified atom stereocenters. The second-order valence-corrected chi connectivity index (χ2v) is 3.27. The van der Waals surface area contributed by atoms with Crippen molar-refractivity contribution in [3.8, 4) is 0 Å². The second-order valence-electron chi connectivity index (χ2n) is 3.27. The molecule has 13 heavy (non-hydrogen) atoms. The van der Waals surface area contributed by atoms with Gasteiger partial charge in [0.25, 0.3) is 0 Å². The Balaban J connectivity index is 2.91. The van der Waals surface area contributed by atoms with Crippen LogP contribution < -0.4 is 0 Å². The van der Waals surface area contributed by atoms with Crippen molar-refractivity contribution in [2.24, 2.45) is 0 Å². The van der Waals surface area contributed by atoms with Gasteiger partial charge in [-0.15, -0.1) is 0 Å². The number of hydrogen-bond acceptors (Lipinski definition) is 2. The van der Waals surface area contributed by atoms with E-state index in [0.717, 1.165) is 11.1 Å². The van der Waals surface area contributed by atoms with Crippen LogP contribution in [0.1, 0.15) is 43.6 Å². The van der Waals surface area contributed by atoms with Crippen LogP contribution in [0.4, 0.5) is 0 Å². The largest absolute Gasteiger partial charge is 0.389 e. The number of aliphatic hydroxyl groups is 2. The summed E-state index contributed by atoms with van der Waals surface area (Å²) in [4.78, 5) is 0. The molecular formula is C11H16O2. The molecule has 0 heterocycles. The van der Waals surface area contributed by atoms with Crippen LogP contribution in [0.2, 0.25) is 0 Å². The van der Waals surface area contributed by atoms with Crippen molar-refractivity contribution in [1.82, 2.24) is 0 Å². The molecule has 0 saturated carbocycles. The van der Waals surface area contributed by atoms with Gasteiger partial charge in [-0.25, -0.2) is 0 Å². The zero-order valence-corrected chi connectivity index (χ0v) is 8.07. The van der Waals surface area contributed by atoms with Crippen molar-refractivity contribution >= 4 is 0 Å². The molecule has 0 spiro atoms. The summed E-state index contributed by atoms with van der Waals surface area (Å²) in [6.07, 6.45) is -0.189. The molecule has 1 aromatic carbocycles. The maximum atomic E-state index is 9.55. The minimum absolute atomic E-state index is 0.418. The Morgan fingerprint density at radius 1 is 1.23 bits per heavy atom.